The van der Waals surface area contributed by atoms with E-state index in [0.29, 0.717) is 5.92 Å². The number of amides is 1. The molecule has 0 N–H and O–H groups in total. The van der Waals surface area contributed by atoms with Gasteiger partial charge < -0.3 is 9.80 Å². The summed E-state index contributed by atoms with van der Waals surface area (Å²) in [7, 11) is 3.65. The second kappa shape index (κ2) is 10.8. The first-order chi connectivity index (χ1) is 13.4. The van der Waals surface area contributed by atoms with Gasteiger partial charge in [0, 0.05) is 38.8 Å². The Labute approximate surface area is 171 Å². The fraction of sp³-hybridized carbons (Fsp3) is 0.708. The van der Waals surface area contributed by atoms with Gasteiger partial charge in [-0.1, -0.05) is 46.1 Å². The van der Waals surface area contributed by atoms with Crippen molar-refractivity contribution in [1.82, 2.24) is 4.90 Å². The molecule has 0 radical (unpaired) electrons. The average molecular weight is 391 g/mol. The standard InChI is InChI=1S/C24H39FN2O/c1-6-8-19(10-9-18(3)7-2)22-12-11-21(25)17-23(22)27-15-13-20(14-16-27)24(28)26(4)5/h11-12,17-20H,6-10,13-16H2,1-5H3. The molecule has 4 heteroatoms. The highest BCUT2D eigenvalue weighted by molar-refractivity contribution is 5.78. The lowest BCUT2D eigenvalue weighted by Crippen LogP contribution is -2.40. The van der Waals surface area contributed by atoms with Gasteiger partial charge in [0.25, 0.3) is 0 Å². The van der Waals surface area contributed by atoms with Crippen LogP contribution in [0.2, 0.25) is 0 Å². The summed E-state index contributed by atoms with van der Waals surface area (Å²) in [6.07, 6.45) is 7.57. The minimum atomic E-state index is -0.164. The summed E-state index contributed by atoms with van der Waals surface area (Å²) >= 11 is 0. The van der Waals surface area contributed by atoms with E-state index in [1.54, 1.807) is 17.0 Å². The second-order valence-corrected chi connectivity index (χ2v) is 8.77. The molecule has 2 rings (SSSR count). The van der Waals surface area contributed by atoms with Crippen LogP contribution >= 0.6 is 0 Å². The van der Waals surface area contributed by atoms with E-state index in [9.17, 15) is 9.18 Å². The Morgan fingerprint density at radius 2 is 1.86 bits per heavy atom. The zero-order valence-electron chi connectivity index (χ0n) is 18.5. The number of halogens is 1. The third kappa shape index (κ3) is 5.96. The minimum absolute atomic E-state index is 0.0973. The zero-order valence-corrected chi connectivity index (χ0v) is 18.5. The molecular weight excluding hydrogens is 351 g/mol. The lowest BCUT2D eigenvalue weighted by atomic mass is 9.85. The van der Waals surface area contributed by atoms with Crippen molar-refractivity contribution in [2.45, 2.75) is 71.6 Å². The summed E-state index contributed by atoms with van der Waals surface area (Å²) < 4.78 is 14.1. The van der Waals surface area contributed by atoms with E-state index >= 15 is 0 Å². The molecule has 0 spiro atoms. The molecule has 1 aromatic carbocycles. The maximum atomic E-state index is 14.1. The van der Waals surface area contributed by atoms with Gasteiger partial charge >= 0.3 is 0 Å². The van der Waals surface area contributed by atoms with Crippen LogP contribution in [0.15, 0.2) is 18.2 Å². The third-order valence-electron chi connectivity index (χ3n) is 6.40. The van der Waals surface area contributed by atoms with Crippen molar-refractivity contribution in [2.24, 2.45) is 11.8 Å². The van der Waals surface area contributed by atoms with Crippen LogP contribution in [0.25, 0.3) is 0 Å². The van der Waals surface area contributed by atoms with Crippen molar-refractivity contribution >= 4 is 11.6 Å². The fourth-order valence-corrected chi connectivity index (χ4v) is 4.36. The molecule has 2 unspecified atom stereocenters. The van der Waals surface area contributed by atoms with E-state index in [1.165, 1.54) is 18.4 Å². The molecule has 1 saturated heterocycles. The zero-order chi connectivity index (χ0) is 20.7. The number of carbonyl (C=O) groups is 1. The first-order valence-corrected chi connectivity index (χ1v) is 11.1. The summed E-state index contributed by atoms with van der Waals surface area (Å²) in [6.45, 7) is 8.46. The van der Waals surface area contributed by atoms with Gasteiger partial charge in [-0.15, -0.1) is 0 Å². The molecule has 1 fully saturated rings. The molecule has 1 heterocycles. The van der Waals surface area contributed by atoms with Crippen molar-refractivity contribution in [3.05, 3.63) is 29.6 Å². The van der Waals surface area contributed by atoms with Gasteiger partial charge in [0.2, 0.25) is 5.91 Å². The van der Waals surface area contributed by atoms with Crippen molar-refractivity contribution in [1.29, 1.82) is 0 Å². The number of piperidine rings is 1. The Morgan fingerprint density at radius 1 is 1.18 bits per heavy atom. The molecule has 1 aromatic rings. The van der Waals surface area contributed by atoms with Crippen molar-refractivity contribution in [3.63, 3.8) is 0 Å². The summed E-state index contributed by atoms with van der Waals surface area (Å²) in [5.41, 5.74) is 2.35. The molecule has 3 nitrogen and oxygen atoms in total. The maximum absolute atomic E-state index is 14.1. The van der Waals surface area contributed by atoms with Gasteiger partial charge in [0.1, 0.15) is 5.82 Å². The number of rotatable bonds is 9. The van der Waals surface area contributed by atoms with Crippen LogP contribution < -0.4 is 4.90 Å². The summed E-state index contributed by atoms with van der Waals surface area (Å²) in [5.74, 6) is 1.37. The SMILES string of the molecule is CCCC(CCC(C)CC)c1ccc(F)cc1N1CCC(C(=O)N(C)C)CC1. The Hall–Kier alpha value is -1.58. The van der Waals surface area contributed by atoms with Crippen molar-refractivity contribution in [2.75, 3.05) is 32.1 Å². The van der Waals surface area contributed by atoms with Crippen LogP contribution in [0.5, 0.6) is 0 Å². The van der Waals surface area contributed by atoms with Crippen LogP contribution in [0, 0.1) is 17.7 Å². The number of hydrogen-bond donors (Lipinski definition) is 0. The average Bonchev–Trinajstić information content (AvgIpc) is 2.70. The van der Waals surface area contributed by atoms with Gasteiger partial charge in [-0.3, -0.25) is 4.79 Å². The molecule has 1 amide bonds. The Bertz CT molecular complexity index is 623. The number of carbonyl (C=O) groups excluding carboxylic acids is 1. The maximum Gasteiger partial charge on any atom is 0.225 e. The van der Waals surface area contributed by atoms with Crippen LogP contribution in [-0.4, -0.2) is 38.0 Å². The van der Waals surface area contributed by atoms with Crippen LogP contribution in [-0.2, 0) is 4.79 Å². The first kappa shape index (κ1) is 22.7. The highest BCUT2D eigenvalue weighted by Gasteiger charge is 2.28. The predicted molar refractivity (Wildman–Crippen MR) is 116 cm³/mol. The largest absolute Gasteiger partial charge is 0.371 e. The summed E-state index contributed by atoms with van der Waals surface area (Å²) in [5, 5.41) is 0. The third-order valence-corrected chi connectivity index (χ3v) is 6.40. The van der Waals surface area contributed by atoms with Gasteiger partial charge in [-0.25, -0.2) is 4.39 Å². The summed E-state index contributed by atoms with van der Waals surface area (Å²) in [6, 6.07) is 5.35. The van der Waals surface area contributed by atoms with Gasteiger partial charge in [0.05, 0.1) is 0 Å². The van der Waals surface area contributed by atoms with Crippen molar-refractivity contribution in [3.8, 4) is 0 Å². The fourth-order valence-electron chi connectivity index (χ4n) is 4.36. The summed E-state index contributed by atoms with van der Waals surface area (Å²) in [4.78, 5) is 16.3. The second-order valence-electron chi connectivity index (χ2n) is 8.77. The van der Waals surface area contributed by atoms with Gasteiger partial charge in [-0.2, -0.15) is 0 Å². The van der Waals surface area contributed by atoms with Crippen LogP contribution in [0.4, 0.5) is 10.1 Å². The minimum Gasteiger partial charge on any atom is -0.371 e. The molecule has 0 saturated carbocycles. The molecule has 158 valence electrons. The Balaban J connectivity index is 2.18. The van der Waals surface area contributed by atoms with E-state index in [2.05, 4.69) is 25.7 Å². The molecule has 0 aromatic heterocycles. The van der Waals surface area contributed by atoms with E-state index in [-0.39, 0.29) is 17.6 Å². The molecule has 0 bridgehead atoms. The van der Waals surface area contributed by atoms with Gasteiger partial charge in [-0.05, 0) is 55.2 Å². The van der Waals surface area contributed by atoms with E-state index in [1.807, 2.05) is 20.2 Å². The smallest absolute Gasteiger partial charge is 0.225 e. The normalized spacial score (nSPS) is 17.4. The van der Waals surface area contributed by atoms with Crippen LogP contribution in [0.3, 0.4) is 0 Å². The van der Waals surface area contributed by atoms with Crippen LogP contribution in [0.1, 0.15) is 77.2 Å². The molecule has 1 aliphatic rings. The van der Waals surface area contributed by atoms with Crippen molar-refractivity contribution < 1.29 is 9.18 Å². The predicted octanol–water partition coefficient (Wildman–Crippen LogP) is 5.84. The number of nitrogens with zero attached hydrogens (tertiary/aromatic N) is 2. The topological polar surface area (TPSA) is 23.6 Å². The number of hydrogen-bond acceptors (Lipinski definition) is 2. The number of anilines is 1. The Morgan fingerprint density at radius 3 is 2.43 bits per heavy atom. The molecule has 0 aliphatic carbocycles. The monoisotopic (exact) mass is 390 g/mol. The van der Waals surface area contributed by atoms with E-state index < -0.39 is 0 Å². The van der Waals surface area contributed by atoms with Gasteiger partial charge in [0.15, 0.2) is 0 Å². The highest BCUT2D eigenvalue weighted by Crippen LogP contribution is 2.37. The van der Waals surface area contributed by atoms with E-state index in [4.69, 9.17) is 0 Å². The van der Waals surface area contributed by atoms with E-state index in [0.717, 1.165) is 56.8 Å². The molecule has 1 aliphatic heterocycles. The lowest BCUT2D eigenvalue weighted by molar-refractivity contribution is -0.133. The lowest BCUT2D eigenvalue weighted by Gasteiger charge is -2.36. The quantitative estimate of drug-likeness (QED) is 0.529. The first-order valence-electron chi connectivity index (χ1n) is 11.1. The molecule has 2 atom stereocenters. The molecule has 28 heavy (non-hydrogen) atoms. The molecular formula is C24H39FN2O. The Kier molecular flexibility index (Phi) is 8.78. The number of benzene rings is 1. The highest BCUT2D eigenvalue weighted by atomic mass is 19.1.